The van der Waals surface area contributed by atoms with Gasteiger partial charge in [-0.25, -0.2) is 4.98 Å². The van der Waals surface area contributed by atoms with Crippen molar-refractivity contribution in [1.82, 2.24) is 14.3 Å². The minimum atomic E-state index is -0.00326. The average molecular weight is 305 g/mol. The summed E-state index contributed by atoms with van der Waals surface area (Å²) in [5, 5.41) is 0. The van der Waals surface area contributed by atoms with Crippen molar-refractivity contribution in [2.75, 3.05) is 6.54 Å². The number of rotatable bonds is 3. The van der Waals surface area contributed by atoms with E-state index in [1.165, 1.54) is 0 Å². The number of nitrogens with zero attached hydrogens (tertiary/aromatic N) is 3. The predicted octanol–water partition coefficient (Wildman–Crippen LogP) is 3.16. The molecule has 4 heteroatoms. The minimum absolute atomic E-state index is 0.00326. The van der Waals surface area contributed by atoms with Crippen molar-refractivity contribution < 1.29 is 4.79 Å². The zero-order valence-electron chi connectivity index (χ0n) is 13.1. The van der Waals surface area contributed by atoms with Crippen molar-refractivity contribution in [2.24, 2.45) is 0 Å². The Morgan fingerprint density at radius 1 is 1.13 bits per heavy atom. The topological polar surface area (TPSA) is 37.6 Å². The smallest absolute Gasteiger partial charge is 0.230 e. The van der Waals surface area contributed by atoms with E-state index >= 15 is 0 Å². The van der Waals surface area contributed by atoms with Crippen molar-refractivity contribution in [2.45, 2.75) is 25.8 Å². The number of carbonyl (C=O) groups is 1. The van der Waals surface area contributed by atoms with Gasteiger partial charge in [0.2, 0.25) is 5.91 Å². The summed E-state index contributed by atoms with van der Waals surface area (Å²) in [4.78, 5) is 19.2. The fourth-order valence-corrected chi connectivity index (χ4v) is 3.47. The molecule has 1 aliphatic heterocycles. The van der Waals surface area contributed by atoms with Crippen molar-refractivity contribution in [1.29, 1.82) is 0 Å². The van der Waals surface area contributed by atoms with E-state index < -0.39 is 0 Å². The highest BCUT2D eigenvalue weighted by atomic mass is 16.2. The lowest BCUT2D eigenvalue weighted by Gasteiger charge is -2.17. The number of carbonyl (C=O) groups excluding carboxylic acids is 1. The molecule has 0 spiro atoms. The molecule has 1 saturated heterocycles. The van der Waals surface area contributed by atoms with Gasteiger partial charge in [0.1, 0.15) is 5.65 Å². The van der Waals surface area contributed by atoms with E-state index in [0.29, 0.717) is 6.54 Å². The van der Waals surface area contributed by atoms with Gasteiger partial charge in [-0.05, 0) is 31.0 Å². The number of aryl methyl sites for hydroxylation is 1. The summed E-state index contributed by atoms with van der Waals surface area (Å²) in [6.45, 7) is 3.49. The van der Waals surface area contributed by atoms with Gasteiger partial charge < -0.3 is 4.90 Å². The molecular weight excluding hydrogens is 286 g/mol. The molecule has 1 aromatic carbocycles. The first-order valence-corrected chi connectivity index (χ1v) is 8.00. The number of aromatic nitrogens is 2. The van der Waals surface area contributed by atoms with Crippen molar-refractivity contribution in [3.63, 3.8) is 0 Å². The standard InChI is InChI=1S/C19H19N3O/c1-14-6-5-9-18-20-12-16(22(14)18)13-21-11-10-17(19(21)23)15-7-3-2-4-8-15/h2-9,12,17H,10-11,13H2,1H3. The third-order valence-corrected chi connectivity index (χ3v) is 4.65. The molecular formula is C19H19N3O. The van der Waals surface area contributed by atoms with Crippen LogP contribution in [0.5, 0.6) is 0 Å². The molecule has 0 radical (unpaired) electrons. The average Bonchev–Trinajstić information content (AvgIpc) is 3.14. The number of fused-ring (bicyclic) bond motifs is 1. The van der Waals surface area contributed by atoms with Crippen molar-refractivity contribution >= 4 is 11.6 Å². The van der Waals surface area contributed by atoms with Crippen LogP contribution in [0, 0.1) is 6.92 Å². The van der Waals surface area contributed by atoms with Crippen LogP contribution in [-0.2, 0) is 11.3 Å². The first kappa shape index (κ1) is 14.0. The van der Waals surface area contributed by atoms with Crippen LogP contribution in [0.3, 0.4) is 0 Å². The molecule has 2 aromatic heterocycles. The molecule has 0 bridgehead atoms. The molecule has 1 fully saturated rings. The number of amides is 1. The van der Waals surface area contributed by atoms with E-state index in [9.17, 15) is 4.79 Å². The van der Waals surface area contributed by atoms with Gasteiger partial charge in [-0.3, -0.25) is 9.20 Å². The van der Waals surface area contributed by atoms with E-state index in [2.05, 4.69) is 22.4 Å². The van der Waals surface area contributed by atoms with Gasteiger partial charge in [0.15, 0.2) is 0 Å². The van der Waals surface area contributed by atoms with Gasteiger partial charge in [-0.1, -0.05) is 36.4 Å². The van der Waals surface area contributed by atoms with Gasteiger partial charge >= 0.3 is 0 Å². The SMILES string of the molecule is Cc1cccc2ncc(CN3CCC(c4ccccc4)C3=O)n12. The fourth-order valence-electron chi connectivity index (χ4n) is 3.47. The van der Waals surface area contributed by atoms with Crippen LogP contribution in [0.25, 0.3) is 5.65 Å². The van der Waals surface area contributed by atoms with E-state index in [4.69, 9.17) is 0 Å². The van der Waals surface area contributed by atoms with Gasteiger partial charge in [-0.2, -0.15) is 0 Å². The highest BCUT2D eigenvalue weighted by Crippen LogP contribution is 2.29. The van der Waals surface area contributed by atoms with Crippen LogP contribution in [0.2, 0.25) is 0 Å². The molecule has 4 rings (SSSR count). The number of pyridine rings is 1. The molecule has 0 N–H and O–H groups in total. The first-order chi connectivity index (χ1) is 11.2. The highest BCUT2D eigenvalue weighted by molar-refractivity contribution is 5.85. The molecule has 116 valence electrons. The Labute approximate surface area is 135 Å². The van der Waals surface area contributed by atoms with E-state index in [-0.39, 0.29) is 11.8 Å². The zero-order chi connectivity index (χ0) is 15.8. The maximum absolute atomic E-state index is 12.7. The summed E-state index contributed by atoms with van der Waals surface area (Å²) < 4.78 is 2.13. The molecule has 1 unspecified atom stereocenters. The Morgan fingerprint density at radius 3 is 2.78 bits per heavy atom. The number of hydrogen-bond donors (Lipinski definition) is 0. The summed E-state index contributed by atoms with van der Waals surface area (Å²) in [6, 6.07) is 16.1. The molecule has 1 amide bonds. The van der Waals surface area contributed by atoms with E-state index in [1.807, 2.05) is 53.6 Å². The second-order valence-electron chi connectivity index (χ2n) is 6.12. The Balaban J connectivity index is 1.59. The quantitative estimate of drug-likeness (QED) is 0.745. The summed E-state index contributed by atoms with van der Waals surface area (Å²) in [6.07, 6.45) is 2.77. The number of benzene rings is 1. The molecule has 1 atom stereocenters. The largest absolute Gasteiger partial charge is 0.336 e. The Morgan fingerprint density at radius 2 is 1.96 bits per heavy atom. The lowest BCUT2D eigenvalue weighted by atomic mass is 9.98. The normalized spacial score (nSPS) is 18.0. The lowest BCUT2D eigenvalue weighted by Crippen LogP contribution is -2.27. The summed E-state index contributed by atoms with van der Waals surface area (Å²) in [5.74, 6) is 0.219. The molecule has 23 heavy (non-hydrogen) atoms. The number of hydrogen-bond acceptors (Lipinski definition) is 2. The second-order valence-corrected chi connectivity index (χ2v) is 6.12. The number of imidazole rings is 1. The molecule has 3 aromatic rings. The third-order valence-electron chi connectivity index (χ3n) is 4.65. The van der Waals surface area contributed by atoms with E-state index in [0.717, 1.165) is 35.6 Å². The van der Waals surface area contributed by atoms with Crippen LogP contribution in [-0.4, -0.2) is 26.7 Å². The Kier molecular flexibility index (Phi) is 3.37. The molecule has 0 aliphatic carbocycles. The van der Waals surface area contributed by atoms with Crippen LogP contribution < -0.4 is 0 Å². The van der Waals surface area contributed by atoms with Gasteiger partial charge in [0, 0.05) is 12.2 Å². The number of likely N-dealkylation sites (tertiary alicyclic amines) is 1. The van der Waals surface area contributed by atoms with Crippen LogP contribution in [0.1, 0.15) is 29.3 Å². The van der Waals surface area contributed by atoms with Gasteiger partial charge in [-0.15, -0.1) is 0 Å². The predicted molar refractivity (Wildman–Crippen MR) is 89.1 cm³/mol. The summed E-state index contributed by atoms with van der Waals surface area (Å²) >= 11 is 0. The second kappa shape index (κ2) is 5.54. The molecule has 1 aliphatic rings. The maximum atomic E-state index is 12.7. The molecule has 4 nitrogen and oxygen atoms in total. The van der Waals surface area contributed by atoms with Crippen molar-refractivity contribution in [3.8, 4) is 0 Å². The van der Waals surface area contributed by atoms with E-state index in [1.54, 1.807) is 0 Å². The Bertz CT molecular complexity index is 853. The monoisotopic (exact) mass is 305 g/mol. The zero-order valence-corrected chi connectivity index (χ0v) is 13.1. The minimum Gasteiger partial charge on any atom is -0.336 e. The third kappa shape index (κ3) is 2.40. The molecule has 3 heterocycles. The van der Waals surface area contributed by atoms with Crippen LogP contribution in [0.4, 0.5) is 0 Å². The Hall–Kier alpha value is -2.62. The molecule has 0 saturated carbocycles. The summed E-state index contributed by atoms with van der Waals surface area (Å²) in [7, 11) is 0. The first-order valence-electron chi connectivity index (χ1n) is 8.00. The van der Waals surface area contributed by atoms with Gasteiger partial charge in [0.05, 0.1) is 24.4 Å². The maximum Gasteiger partial charge on any atom is 0.230 e. The van der Waals surface area contributed by atoms with Crippen LogP contribution in [0.15, 0.2) is 54.7 Å². The fraction of sp³-hybridized carbons (Fsp3) is 0.263. The van der Waals surface area contributed by atoms with Crippen LogP contribution >= 0.6 is 0 Å². The summed E-state index contributed by atoms with van der Waals surface area (Å²) in [5.41, 5.74) is 4.27. The van der Waals surface area contributed by atoms with Gasteiger partial charge in [0.25, 0.3) is 0 Å². The highest BCUT2D eigenvalue weighted by Gasteiger charge is 2.32. The van der Waals surface area contributed by atoms with Crippen molar-refractivity contribution in [3.05, 3.63) is 71.7 Å². The lowest BCUT2D eigenvalue weighted by molar-refractivity contribution is -0.129.